The van der Waals surface area contributed by atoms with E-state index in [9.17, 15) is 45.7 Å². The van der Waals surface area contributed by atoms with Crippen molar-refractivity contribution in [3.63, 3.8) is 0 Å². The lowest BCUT2D eigenvalue weighted by Gasteiger charge is -2.53. The average molecular weight is 952 g/mol. The Morgan fingerprint density at radius 1 is 0.879 bits per heavy atom. The summed E-state index contributed by atoms with van der Waals surface area (Å²) in [6, 6.07) is 13.2. The van der Waals surface area contributed by atoms with E-state index >= 15 is 0 Å². The number of amides is 2. The standard InChI is InChI=1S/C51H71F5N2O7S/c1-32(2)44(45(60)57-41(46(61)65-48(3,4)5)29-33-17-13-12-14-18-33)58-47(62)64-36-21-22-38-35(31-36)30-34(43-39(38)26-27-49(6)40(43)23-24-42(49)59)19-15-10-8-7-9-11-16-20-37(66-63)25-28-50(52,53)51(54,55)56/h12-14,17-18,21-22,31-32,34,37,39-44,59H,7-11,15-16,19-20,23-30H2,1-6H3,(H-,57,58,60,62)/p+1/t34-,37+,39-,40+,41+,42+,43-,44+,49+/m1/s1. The molecule has 2 fully saturated rings. The highest BCUT2D eigenvalue weighted by molar-refractivity contribution is 7.66. The molecule has 0 bridgehead atoms. The molecular formula is C51H72F5N2O7S+. The van der Waals surface area contributed by atoms with Crippen molar-refractivity contribution in [2.75, 3.05) is 0 Å². The number of carbonyl (C=O) groups is 3. The van der Waals surface area contributed by atoms with Crippen molar-refractivity contribution in [2.24, 2.45) is 29.1 Å². The molecule has 15 heteroatoms. The SMILES string of the molecule is CC(C)[C@H](NC(=O)Oc1ccc2c(c1)C[C@@H](CCCCCCCCC[C@@H](CCC(F)(F)C(F)(F)F)[S+]=O)[C@@H]1[C@@H]2CC[C@]2(C)[C@@H](O)CC[C@@H]12)C(=O)N[C@@H](Cc1ccccc1)C(=O)OC(C)(C)C. The van der Waals surface area contributed by atoms with Gasteiger partial charge in [-0.25, -0.2) is 9.59 Å². The van der Waals surface area contributed by atoms with Crippen molar-refractivity contribution >= 4 is 29.6 Å². The van der Waals surface area contributed by atoms with Crippen LogP contribution in [0.4, 0.5) is 26.7 Å². The number of aliphatic hydroxyl groups is 1. The third kappa shape index (κ3) is 14.2. The summed E-state index contributed by atoms with van der Waals surface area (Å²) in [6.45, 7) is 11.1. The third-order valence-electron chi connectivity index (χ3n) is 14.5. The van der Waals surface area contributed by atoms with E-state index in [4.69, 9.17) is 9.47 Å². The van der Waals surface area contributed by atoms with Crippen LogP contribution >= 0.6 is 0 Å². The highest BCUT2D eigenvalue weighted by Crippen LogP contribution is 2.63. The molecule has 368 valence electrons. The van der Waals surface area contributed by atoms with E-state index in [1.165, 1.54) is 5.56 Å². The van der Waals surface area contributed by atoms with Gasteiger partial charge in [-0.05, 0) is 130 Å². The monoisotopic (exact) mass is 951 g/mol. The lowest BCUT2D eigenvalue weighted by Crippen LogP contribution is -2.55. The summed E-state index contributed by atoms with van der Waals surface area (Å²) in [4.78, 5) is 40.5. The molecule has 3 aliphatic rings. The average Bonchev–Trinajstić information content (AvgIpc) is 3.55. The number of alkyl halides is 5. The molecule has 66 heavy (non-hydrogen) atoms. The van der Waals surface area contributed by atoms with Crippen molar-refractivity contribution in [1.82, 2.24) is 10.6 Å². The van der Waals surface area contributed by atoms with Crippen molar-refractivity contribution in [2.45, 2.75) is 198 Å². The fourth-order valence-corrected chi connectivity index (χ4v) is 11.4. The summed E-state index contributed by atoms with van der Waals surface area (Å²) in [5, 5.41) is 16.0. The minimum Gasteiger partial charge on any atom is -0.458 e. The fraction of sp³-hybridized carbons (Fsp3) is 0.706. The van der Waals surface area contributed by atoms with Crippen LogP contribution in [0.15, 0.2) is 48.5 Å². The first-order valence-electron chi connectivity index (χ1n) is 24.1. The van der Waals surface area contributed by atoms with E-state index in [2.05, 4.69) is 23.6 Å². The molecule has 0 unspecified atom stereocenters. The molecule has 9 atom stereocenters. The van der Waals surface area contributed by atoms with Crippen LogP contribution in [0, 0.1) is 29.1 Å². The quantitative estimate of drug-likeness (QED) is 0.0464. The van der Waals surface area contributed by atoms with E-state index in [1.54, 1.807) is 34.6 Å². The number of esters is 1. The number of unbranched alkanes of at least 4 members (excludes halogenated alkanes) is 6. The Labute approximate surface area is 392 Å². The Bertz CT molecular complexity index is 1930. The van der Waals surface area contributed by atoms with Crippen LogP contribution < -0.4 is 15.4 Å². The zero-order chi connectivity index (χ0) is 48.5. The Morgan fingerprint density at radius 2 is 1.55 bits per heavy atom. The number of carbonyl (C=O) groups excluding carboxylic acids is 3. The van der Waals surface area contributed by atoms with Gasteiger partial charge >= 0.3 is 35.8 Å². The van der Waals surface area contributed by atoms with E-state index < -0.39 is 65.8 Å². The molecule has 9 nitrogen and oxygen atoms in total. The third-order valence-corrected chi connectivity index (χ3v) is 15.2. The van der Waals surface area contributed by atoms with Gasteiger partial charge in [0.2, 0.25) is 11.2 Å². The topological polar surface area (TPSA) is 131 Å². The van der Waals surface area contributed by atoms with E-state index in [-0.39, 0.29) is 35.5 Å². The van der Waals surface area contributed by atoms with Gasteiger partial charge in [-0.15, -0.1) is 0 Å². The van der Waals surface area contributed by atoms with Gasteiger partial charge < -0.3 is 25.2 Å². The fourth-order valence-electron chi connectivity index (χ4n) is 10.9. The highest BCUT2D eigenvalue weighted by Gasteiger charge is 2.58. The first kappa shape index (κ1) is 53.2. The predicted octanol–water partition coefficient (Wildman–Crippen LogP) is 11.6. The summed E-state index contributed by atoms with van der Waals surface area (Å²) >= 11 is 0.114. The second-order valence-electron chi connectivity index (χ2n) is 20.8. The van der Waals surface area contributed by atoms with Crippen LogP contribution in [-0.2, 0) is 43.0 Å². The maximum atomic E-state index is 13.8. The van der Waals surface area contributed by atoms with Gasteiger partial charge in [0.15, 0.2) is 0 Å². The van der Waals surface area contributed by atoms with Crippen LogP contribution in [0.1, 0.15) is 160 Å². The molecule has 0 saturated heterocycles. The molecule has 2 saturated carbocycles. The minimum absolute atomic E-state index is 0.114. The number of aliphatic hydroxyl groups excluding tert-OH is 1. The highest BCUT2D eigenvalue weighted by atomic mass is 32.1. The molecule has 0 aromatic heterocycles. The lowest BCUT2D eigenvalue weighted by molar-refractivity contribution is -0.284. The minimum atomic E-state index is -5.60. The van der Waals surface area contributed by atoms with Crippen LogP contribution in [0.2, 0.25) is 0 Å². The van der Waals surface area contributed by atoms with Crippen LogP contribution in [-0.4, -0.2) is 64.2 Å². The van der Waals surface area contributed by atoms with Crippen LogP contribution in [0.5, 0.6) is 5.75 Å². The molecule has 2 amide bonds. The number of hydrogen-bond donors (Lipinski definition) is 3. The summed E-state index contributed by atoms with van der Waals surface area (Å²) < 4.78 is 87.2. The molecule has 0 spiro atoms. The number of hydrogen-bond acceptors (Lipinski definition) is 7. The van der Waals surface area contributed by atoms with Gasteiger partial charge in [-0.2, -0.15) is 22.0 Å². The summed E-state index contributed by atoms with van der Waals surface area (Å²) in [7, 11) is 0. The van der Waals surface area contributed by atoms with Crippen LogP contribution in [0.25, 0.3) is 0 Å². The molecule has 0 heterocycles. The van der Waals surface area contributed by atoms with Crippen molar-refractivity contribution in [3.05, 3.63) is 65.2 Å². The number of fused-ring (bicyclic) bond motifs is 5. The summed E-state index contributed by atoms with van der Waals surface area (Å²) in [5.74, 6) is -4.34. The molecule has 0 aliphatic heterocycles. The molecular weight excluding hydrogens is 880 g/mol. The van der Waals surface area contributed by atoms with Gasteiger partial charge in [-0.3, -0.25) is 4.79 Å². The normalized spacial score (nSPS) is 24.3. The second-order valence-corrected chi connectivity index (χ2v) is 21.7. The van der Waals surface area contributed by atoms with Crippen molar-refractivity contribution in [3.8, 4) is 5.75 Å². The van der Waals surface area contributed by atoms with E-state index in [0.717, 1.165) is 88.2 Å². The second kappa shape index (κ2) is 23.1. The largest absolute Gasteiger partial charge is 0.462 e. The summed E-state index contributed by atoms with van der Waals surface area (Å²) in [5.41, 5.74) is 2.36. The maximum Gasteiger partial charge on any atom is 0.462 e. The Morgan fingerprint density at radius 3 is 2.18 bits per heavy atom. The Kier molecular flexibility index (Phi) is 18.6. The molecule has 5 rings (SSSR count). The zero-order valence-corrected chi connectivity index (χ0v) is 40.3. The van der Waals surface area contributed by atoms with Crippen LogP contribution in [0.3, 0.4) is 0 Å². The van der Waals surface area contributed by atoms with Crippen molar-refractivity contribution < 1.29 is 55.1 Å². The Balaban J connectivity index is 1.17. The van der Waals surface area contributed by atoms with Gasteiger partial charge in [0.05, 0.1) is 6.10 Å². The molecule has 2 aromatic carbocycles. The first-order valence-corrected chi connectivity index (χ1v) is 24.9. The molecule has 2 aromatic rings. The number of nitrogens with one attached hydrogen (secondary N) is 2. The number of halogens is 5. The van der Waals surface area contributed by atoms with Crippen molar-refractivity contribution in [1.29, 1.82) is 0 Å². The predicted molar refractivity (Wildman–Crippen MR) is 245 cm³/mol. The lowest BCUT2D eigenvalue weighted by atomic mass is 9.52. The van der Waals surface area contributed by atoms with Gasteiger partial charge in [-0.1, -0.05) is 95.7 Å². The number of rotatable bonds is 22. The number of ether oxygens (including phenoxy) is 2. The molecule has 3 N–H and O–H groups in total. The molecule has 3 aliphatic carbocycles. The van der Waals surface area contributed by atoms with Gasteiger partial charge in [0.25, 0.3) is 0 Å². The Hall–Kier alpha value is -3.72. The van der Waals surface area contributed by atoms with Gasteiger partial charge in [0, 0.05) is 29.9 Å². The summed E-state index contributed by atoms with van der Waals surface area (Å²) in [6.07, 6.45) is 3.86. The number of benzene rings is 2. The zero-order valence-electron chi connectivity index (χ0n) is 39.5. The maximum absolute atomic E-state index is 13.8. The molecule has 0 radical (unpaired) electrons. The smallest absolute Gasteiger partial charge is 0.458 e. The first-order chi connectivity index (χ1) is 31.0. The van der Waals surface area contributed by atoms with E-state index in [1.807, 2.05) is 42.5 Å². The van der Waals surface area contributed by atoms with Gasteiger partial charge in [0.1, 0.15) is 23.4 Å². The van der Waals surface area contributed by atoms with E-state index in [0.29, 0.717) is 42.3 Å².